The van der Waals surface area contributed by atoms with Crippen LogP contribution in [0.5, 0.6) is 0 Å². The van der Waals surface area contributed by atoms with E-state index < -0.39 is 10.0 Å². The number of anilines is 1. The molecule has 112 valence electrons. The SMILES string of the molecule is CC1(C)C2CCC1(C)C(NS(=O)(=O)c1cc(N)cs1)C2. The van der Waals surface area contributed by atoms with Crippen LogP contribution in [0, 0.1) is 16.7 Å². The largest absolute Gasteiger partial charge is 0.398 e. The second-order valence-corrected chi connectivity index (χ2v) is 9.84. The standard InChI is InChI=1S/C14H22N2O2S2/c1-13(2)9-4-5-14(13,3)11(6-9)16-20(17,18)12-7-10(15)8-19-12/h7-9,11,16H,4-6,15H2,1-3H3. The number of nitrogens with one attached hydrogen (secondary N) is 1. The molecule has 1 aromatic heterocycles. The van der Waals surface area contributed by atoms with Crippen LogP contribution < -0.4 is 10.5 Å². The Morgan fingerprint density at radius 1 is 1.40 bits per heavy atom. The maximum absolute atomic E-state index is 12.5. The fraction of sp³-hybridized carbons (Fsp3) is 0.714. The van der Waals surface area contributed by atoms with Gasteiger partial charge < -0.3 is 5.73 Å². The van der Waals surface area contributed by atoms with E-state index in [-0.39, 0.29) is 16.9 Å². The number of nitrogens with two attached hydrogens (primary N) is 1. The first-order chi connectivity index (χ1) is 9.17. The van der Waals surface area contributed by atoms with Gasteiger partial charge in [0.1, 0.15) is 4.21 Å². The summed E-state index contributed by atoms with van der Waals surface area (Å²) in [6.07, 6.45) is 3.27. The summed E-state index contributed by atoms with van der Waals surface area (Å²) in [6, 6.07) is 1.57. The molecule has 20 heavy (non-hydrogen) atoms. The molecule has 0 amide bonds. The molecule has 0 radical (unpaired) electrons. The van der Waals surface area contributed by atoms with Crippen LogP contribution in [0.2, 0.25) is 0 Å². The molecule has 0 aliphatic heterocycles. The van der Waals surface area contributed by atoms with E-state index in [4.69, 9.17) is 5.73 Å². The van der Waals surface area contributed by atoms with Crippen LogP contribution in [-0.2, 0) is 10.0 Å². The van der Waals surface area contributed by atoms with Gasteiger partial charge in [-0.1, -0.05) is 20.8 Å². The highest BCUT2D eigenvalue weighted by molar-refractivity contribution is 7.91. The first-order valence-electron chi connectivity index (χ1n) is 7.03. The molecule has 2 aliphatic rings. The zero-order chi connectivity index (χ0) is 14.8. The predicted molar refractivity (Wildman–Crippen MR) is 82.1 cm³/mol. The van der Waals surface area contributed by atoms with Gasteiger partial charge in [0.2, 0.25) is 10.0 Å². The summed E-state index contributed by atoms with van der Waals surface area (Å²) < 4.78 is 28.2. The Labute approximate surface area is 124 Å². The molecule has 3 N–H and O–H groups in total. The van der Waals surface area contributed by atoms with Crippen LogP contribution in [0.3, 0.4) is 0 Å². The highest BCUT2D eigenvalue weighted by Gasteiger charge is 2.61. The summed E-state index contributed by atoms with van der Waals surface area (Å²) in [5.74, 6) is 0.619. The third-order valence-corrected chi connectivity index (χ3v) is 8.88. The van der Waals surface area contributed by atoms with Gasteiger partial charge in [-0.15, -0.1) is 11.3 Å². The van der Waals surface area contributed by atoms with Crippen molar-refractivity contribution in [3.63, 3.8) is 0 Å². The Bertz CT molecular complexity index is 635. The van der Waals surface area contributed by atoms with E-state index in [1.54, 1.807) is 5.38 Å². The van der Waals surface area contributed by atoms with Gasteiger partial charge in [0.25, 0.3) is 0 Å². The summed E-state index contributed by atoms with van der Waals surface area (Å²) in [6.45, 7) is 6.79. The number of thiophene rings is 1. The summed E-state index contributed by atoms with van der Waals surface area (Å²) in [5.41, 5.74) is 6.39. The van der Waals surface area contributed by atoms with Gasteiger partial charge in [-0.3, -0.25) is 0 Å². The van der Waals surface area contributed by atoms with Crippen molar-refractivity contribution in [3.05, 3.63) is 11.4 Å². The Morgan fingerprint density at radius 3 is 2.55 bits per heavy atom. The van der Waals surface area contributed by atoms with E-state index in [0.29, 0.717) is 15.8 Å². The summed E-state index contributed by atoms with van der Waals surface area (Å²) in [5, 5.41) is 1.67. The maximum atomic E-state index is 12.5. The lowest BCUT2D eigenvalue weighted by molar-refractivity contribution is 0.130. The number of fused-ring (bicyclic) bond motifs is 2. The molecule has 4 nitrogen and oxygen atoms in total. The van der Waals surface area contributed by atoms with E-state index >= 15 is 0 Å². The van der Waals surface area contributed by atoms with Crippen molar-refractivity contribution >= 4 is 27.0 Å². The van der Waals surface area contributed by atoms with E-state index in [1.165, 1.54) is 23.8 Å². The first-order valence-corrected chi connectivity index (χ1v) is 9.39. The molecule has 3 atom stereocenters. The van der Waals surface area contributed by atoms with Crippen molar-refractivity contribution in [3.8, 4) is 0 Å². The van der Waals surface area contributed by atoms with Gasteiger partial charge >= 0.3 is 0 Å². The van der Waals surface area contributed by atoms with Crippen molar-refractivity contribution in [2.75, 3.05) is 5.73 Å². The molecule has 2 saturated carbocycles. The quantitative estimate of drug-likeness (QED) is 0.901. The minimum Gasteiger partial charge on any atom is -0.398 e. The molecule has 0 aromatic carbocycles. The molecular weight excluding hydrogens is 292 g/mol. The van der Waals surface area contributed by atoms with Crippen molar-refractivity contribution in [1.82, 2.24) is 4.72 Å². The van der Waals surface area contributed by atoms with Gasteiger partial charge in [0, 0.05) is 17.1 Å². The van der Waals surface area contributed by atoms with Crippen LogP contribution in [0.1, 0.15) is 40.0 Å². The smallest absolute Gasteiger partial charge is 0.250 e. The Balaban J connectivity index is 1.87. The topological polar surface area (TPSA) is 72.2 Å². The van der Waals surface area contributed by atoms with Crippen LogP contribution >= 0.6 is 11.3 Å². The Hall–Kier alpha value is -0.590. The zero-order valence-electron chi connectivity index (χ0n) is 12.1. The monoisotopic (exact) mass is 314 g/mol. The molecule has 2 fully saturated rings. The van der Waals surface area contributed by atoms with Gasteiger partial charge in [-0.2, -0.15) is 0 Å². The van der Waals surface area contributed by atoms with Gasteiger partial charge in [0.15, 0.2) is 0 Å². The molecule has 2 aliphatic carbocycles. The van der Waals surface area contributed by atoms with Crippen molar-refractivity contribution in [2.24, 2.45) is 16.7 Å². The average molecular weight is 314 g/mol. The van der Waals surface area contributed by atoms with E-state index in [0.717, 1.165) is 12.8 Å². The predicted octanol–water partition coefficient (Wildman–Crippen LogP) is 2.82. The number of sulfonamides is 1. The lowest BCUT2D eigenvalue weighted by atomic mass is 9.69. The molecule has 2 bridgehead atoms. The highest BCUT2D eigenvalue weighted by Crippen LogP contribution is 2.65. The van der Waals surface area contributed by atoms with Crippen LogP contribution in [0.15, 0.2) is 15.7 Å². The van der Waals surface area contributed by atoms with E-state index in [9.17, 15) is 8.42 Å². The van der Waals surface area contributed by atoms with Crippen LogP contribution in [0.4, 0.5) is 5.69 Å². The molecule has 3 rings (SSSR count). The molecule has 0 spiro atoms. The lowest BCUT2D eigenvalue weighted by Crippen LogP contribution is -2.46. The normalized spacial score (nSPS) is 35.5. The Morgan fingerprint density at radius 2 is 2.10 bits per heavy atom. The molecule has 6 heteroatoms. The van der Waals surface area contributed by atoms with Crippen LogP contribution in [-0.4, -0.2) is 14.5 Å². The number of nitrogen functional groups attached to an aromatic ring is 1. The first kappa shape index (κ1) is 14.4. The molecular formula is C14H22N2O2S2. The average Bonchev–Trinajstić information content (AvgIpc) is 2.91. The van der Waals surface area contributed by atoms with Gasteiger partial charge in [-0.25, -0.2) is 13.1 Å². The second kappa shape index (κ2) is 4.21. The fourth-order valence-corrected chi connectivity index (χ4v) is 6.56. The third kappa shape index (κ3) is 1.84. The molecule has 1 heterocycles. The molecule has 1 aromatic rings. The Kier molecular flexibility index (Phi) is 3.02. The highest BCUT2D eigenvalue weighted by atomic mass is 32.2. The summed E-state index contributed by atoms with van der Waals surface area (Å²) in [7, 11) is -3.45. The number of hydrogen-bond donors (Lipinski definition) is 2. The van der Waals surface area contributed by atoms with Gasteiger partial charge in [0.05, 0.1) is 0 Å². The summed E-state index contributed by atoms with van der Waals surface area (Å²) >= 11 is 1.18. The van der Waals surface area contributed by atoms with Crippen molar-refractivity contribution < 1.29 is 8.42 Å². The summed E-state index contributed by atoms with van der Waals surface area (Å²) in [4.78, 5) is 0. The van der Waals surface area contributed by atoms with Crippen molar-refractivity contribution in [2.45, 2.75) is 50.3 Å². The minimum atomic E-state index is -3.45. The van der Waals surface area contributed by atoms with Crippen molar-refractivity contribution in [1.29, 1.82) is 0 Å². The second-order valence-electron chi connectivity index (χ2n) is 6.98. The maximum Gasteiger partial charge on any atom is 0.250 e. The lowest BCUT2D eigenvalue weighted by Gasteiger charge is -2.39. The number of hydrogen-bond acceptors (Lipinski definition) is 4. The zero-order valence-corrected chi connectivity index (χ0v) is 13.8. The van der Waals surface area contributed by atoms with Crippen LogP contribution in [0.25, 0.3) is 0 Å². The molecule has 3 unspecified atom stereocenters. The fourth-order valence-electron chi connectivity index (χ4n) is 4.10. The minimum absolute atomic E-state index is 0.0320. The third-order valence-electron chi connectivity index (χ3n) is 5.95. The van der Waals surface area contributed by atoms with E-state index in [1.807, 2.05) is 0 Å². The molecule has 0 saturated heterocycles. The number of rotatable bonds is 3. The van der Waals surface area contributed by atoms with E-state index in [2.05, 4.69) is 25.5 Å². The van der Waals surface area contributed by atoms with Gasteiger partial charge in [-0.05, 0) is 42.1 Å².